The third-order valence-corrected chi connectivity index (χ3v) is 5.15. The first-order valence-electron chi connectivity index (χ1n) is 6.50. The lowest BCUT2D eigenvalue weighted by Crippen LogP contribution is -2.29. The van der Waals surface area contributed by atoms with E-state index in [-0.39, 0.29) is 11.3 Å². The maximum absolute atomic E-state index is 12.6. The van der Waals surface area contributed by atoms with Gasteiger partial charge in [-0.05, 0) is 24.1 Å². The fourth-order valence-electron chi connectivity index (χ4n) is 2.16. The van der Waals surface area contributed by atoms with Crippen LogP contribution in [0, 0.1) is 0 Å². The van der Waals surface area contributed by atoms with Gasteiger partial charge in [0.15, 0.2) is 0 Å². The minimum absolute atomic E-state index is 0.0650. The first kappa shape index (κ1) is 14.0. The van der Waals surface area contributed by atoms with Crippen molar-refractivity contribution in [3.05, 3.63) is 66.2 Å². The van der Waals surface area contributed by atoms with Crippen LogP contribution in [0.4, 0.5) is 0 Å². The molecule has 0 aliphatic heterocycles. The Hall–Kier alpha value is -1.45. The smallest absolute Gasteiger partial charge is 0.0584 e. The van der Waals surface area contributed by atoms with Gasteiger partial charge in [0.25, 0.3) is 0 Å². The Morgan fingerprint density at radius 2 is 1.53 bits per heavy atom. The predicted molar refractivity (Wildman–Crippen MR) is 80.3 cm³/mol. The van der Waals surface area contributed by atoms with E-state index < -0.39 is 10.8 Å². The van der Waals surface area contributed by atoms with E-state index in [4.69, 9.17) is 5.73 Å². The topological polar surface area (TPSA) is 43.1 Å². The molecule has 2 rings (SSSR count). The van der Waals surface area contributed by atoms with Crippen molar-refractivity contribution in [2.75, 3.05) is 0 Å². The van der Waals surface area contributed by atoms with E-state index in [1.165, 1.54) is 0 Å². The van der Waals surface area contributed by atoms with Crippen molar-refractivity contribution in [1.82, 2.24) is 0 Å². The lowest BCUT2D eigenvalue weighted by atomic mass is 10.0. The van der Waals surface area contributed by atoms with Gasteiger partial charge in [-0.2, -0.15) is 0 Å². The number of rotatable bonds is 5. The molecule has 3 heteroatoms. The van der Waals surface area contributed by atoms with Crippen molar-refractivity contribution in [1.29, 1.82) is 0 Å². The highest BCUT2D eigenvalue weighted by atomic mass is 32.2. The normalized spacial score (nSPS) is 15.7. The van der Waals surface area contributed by atoms with Gasteiger partial charge in [0, 0.05) is 10.9 Å². The Morgan fingerprint density at radius 3 is 2.05 bits per heavy atom. The van der Waals surface area contributed by atoms with E-state index in [0.29, 0.717) is 0 Å². The third-order valence-electron chi connectivity index (χ3n) is 3.24. The molecule has 0 spiro atoms. The highest BCUT2D eigenvalue weighted by Gasteiger charge is 2.24. The second-order valence-electron chi connectivity index (χ2n) is 4.49. The quantitative estimate of drug-likeness (QED) is 0.908. The van der Waals surface area contributed by atoms with Crippen LogP contribution in [0.3, 0.4) is 0 Å². The van der Waals surface area contributed by atoms with E-state index in [0.717, 1.165) is 16.9 Å². The van der Waals surface area contributed by atoms with Gasteiger partial charge in [-0.1, -0.05) is 55.5 Å². The summed E-state index contributed by atoms with van der Waals surface area (Å²) in [4.78, 5) is 0.848. The molecule has 0 amide bonds. The monoisotopic (exact) mass is 273 g/mol. The first-order chi connectivity index (χ1) is 9.24. The van der Waals surface area contributed by atoms with E-state index in [1.54, 1.807) is 0 Å². The highest BCUT2D eigenvalue weighted by Crippen LogP contribution is 2.24. The molecule has 2 nitrogen and oxygen atoms in total. The zero-order valence-corrected chi connectivity index (χ0v) is 11.8. The minimum atomic E-state index is -1.08. The Labute approximate surface area is 117 Å². The van der Waals surface area contributed by atoms with Gasteiger partial charge in [0.05, 0.1) is 16.0 Å². The summed E-state index contributed by atoms with van der Waals surface area (Å²) >= 11 is 0. The van der Waals surface area contributed by atoms with Gasteiger partial charge in [0.1, 0.15) is 0 Å². The molecule has 0 fully saturated rings. The van der Waals surface area contributed by atoms with E-state index in [1.807, 2.05) is 67.6 Å². The fourth-order valence-corrected chi connectivity index (χ4v) is 3.66. The Morgan fingerprint density at radius 1 is 1.00 bits per heavy atom. The molecule has 3 unspecified atom stereocenters. The van der Waals surface area contributed by atoms with Crippen molar-refractivity contribution >= 4 is 10.8 Å². The molecule has 2 aromatic rings. The summed E-state index contributed by atoms with van der Waals surface area (Å²) in [5.41, 5.74) is 7.34. The second kappa shape index (κ2) is 6.64. The van der Waals surface area contributed by atoms with Crippen LogP contribution in [0.1, 0.15) is 24.9 Å². The van der Waals surface area contributed by atoms with Crippen molar-refractivity contribution in [3.8, 4) is 0 Å². The maximum atomic E-state index is 12.6. The molecular weight excluding hydrogens is 254 g/mol. The van der Waals surface area contributed by atoms with Gasteiger partial charge < -0.3 is 5.73 Å². The maximum Gasteiger partial charge on any atom is 0.0584 e. The van der Waals surface area contributed by atoms with Crippen LogP contribution >= 0.6 is 0 Å². The summed E-state index contributed by atoms with van der Waals surface area (Å²) in [5.74, 6) is 0. The molecule has 0 heterocycles. The zero-order valence-electron chi connectivity index (χ0n) is 11.0. The summed E-state index contributed by atoms with van der Waals surface area (Å²) < 4.78 is 12.6. The molecule has 0 saturated carbocycles. The van der Waals surface area contributed by atoms with E-state index >= 15 is 0 Å². The molecule has 0 bridgehead atoms. The molecule has 0 aromatic heterocycles. The van der Waals surface area contributed by atoms with Crippen molar-refractivity contribution in [2.24, 2.45) is 5.73 Å². The van der Waals surface area contributed by atoms with E-state index in [2.05, 4.69) is 0 Å². The van der Waals surface area contributed by atoms with Crippen molar-refractivity contribution in [3.63, 3.8) is 0 Å². The van der Waals surface area contributed by atoms with Gasteiger partial charge >= 0.3 is 0 Å². The van der Waals surface area contributed by atoms with Crippen molar-refractivity contribution in [2.45, 2.75) is 29.5 Å². The summed E-state index contributed by atoms with van der Waals surface area (Å²) in [6.07, 6.45) is 0.789. The average Bonchev–Trinajstić information content (AvgIpc) is 2.49. The summed E-state index contributed by atoms with van der Waals surface area (Å²) in [5, 5.41) is -0.0650. The molecule has 2 aromatic carbocycles. The summed E-state index contributed by atoms with van der Waals surface area (Å²) in [6, 6.07) is 19.2. The molecule has 19 heavy (non-hydrogen) atoms. The average molecular weight is 273 g/mol. The Kier molecular flexibility index (Phi) is 4.88. The molecule has 0 aliphatic carbocycles. The predicted octanol–water partition coefficient (Wildman–Crippen LogP) is 3.27. The van der Waals surface area contributed by atoms with Crippen LogP contribution in [0.15, 0.2) is 65.6 Å². The molecule has 100 valence electrons. The van der Waals surface area contributed by atoms with Gasteiger partial charge in [0.2, 0.25) is 0 Å². The minimum Gasteiger partial charge on any atom is -0.323 e. The Balaban J connectivity index is 2.23. The first-order valence-corrected chi connectivity index (χ1v) is 7.71. The SMILES string of the molecule is CCC(C(N)c1ccccc1)S(=O)c1ccccc1. The molecular formula is C16H19NOS. The lowest BCUT2D eigenvalue weighted by Gasteiger charge is -2.22. The van der Waals surface area contributed by atoms with E-state index in [9.17, 15) is 4.21 Å². The van der Waals surface area contributed by atoms with Gasteiger partial charge in [-0.15, -0.1) is 0 Å². The molecule has 3 atom stereocenters. The summed E-state index contributed by atoms with van der Waals surface area (Å²) in [7, 11) is -1.08. The van der Waals surface area contributed by atoms with Crippen LogP contribution in [0.25, 0.3) is 0 Å². The molecule has 0 saturated heterocycles. The number of hydrogen-bond donors (Lipinski definition) is 1. The second-order valence-corrected chi connectivity index (χ2v) is 6.17. The lowest BCUT2D eigenvalue weighted by molar-refractivity contribution is 0.612. The molecule has 0 radical (unpaired) electrons. The Bertz CT molecular complexity index is 527. The summed E-state index contributed by atoms with van der Waals surface area (Å²) in [6.45, 7) is 2.04. The number of nitrogens with two attached hydrogens (primary N) is 1. The fraction of sp³-hybridized carbons (Fsp3) is 0.250. The van der Waals surface area contributed by atoms with Crippen LogP contribution in [-0.2, 0) is 10.8 Å². The van der Waals surface area contributed by atoms with Gasteiger partial charge in [-0.25, -0.2) is 0 Å². The van der Waals surface area contributed by atoms with Gasteiger partial charge in [-0.3, -0.25) is 4.21 Å². The number of benzene rings is 2. The van der Waals surface area contributed by atoms with Crippen molar-refractivity contribution < 1.29 is 4.21 Å². The third kappa shape index (κ3) is 3.31. The molecule has 2 N–H and O–H groups in total. The highest BCUT2D eigenvalue weighted by molar-refractivity contribution is 7.85. The number of hydrogen-bond acceptors (Lipinski definition) is 2. The standard InChI is InChI=1S/C16H19NOS/c1-2-15(16(17)13-9-5-3-6-10-13)19(18)14-11-7-4-8-12-14/h3-12,15-16H,2,17H2,1H3. The largest absolute Gasteiger partial charge is 0.323 e. The zero-order chi connectivity index (χ0) is 13.7. The molecule has 0 aliphatic rings. The van der Waals surface area contributed by atoms with Crippen LogP contribution in [0.5, 0.6) is 0 Å². The van der Waals surface area contributed by atoms with Crippen LogP contribution in [0.2, 0.25) is 0 Å². The van der Waals surface area contributed by atoms with Crippen LogP contribution in [-0.4, -0.2) is 9.46 Å². The van der Waals surface area contributed by atoms with Crippen LogP contribution < -0.4 is 5.73 Å².